The Bertz CT molecular complexity index is 801. The highest BCUT2D eigenvalue weighted by Gasteiger charge is 2.16. The maximum atomic E-state index is 12.5. The standard InChI is InChI=1S/C21H27N3O3/c1-13(2)16-6-8-17(9-7-16)24-21(26)14(3)22-19-12-18(23-15(4)25)10-11-20(19)27-5/h6-14,22H,1-5H3,(H,23,25)(H,24,26)/t14-/m1/s1. The zero-order valence-electron chi connectivity index (χ0n) is 16.4. The van der Waals surface area contributed by atoms with Gasteiger partial charge in [0.25, 0.3) is 0 Å². The van der Waals surface area contributed by atoms with E-state index < -0.39 is 6.04 Å². The number of hydrogen-bond donors (Lipinski definition) is 3. The lowest BCUT2D eigenvalue weighted by Crippen LogP contribution is -2.32. The molecule has 0 saturated heterocycles. The predicted molar refractivity (Wildman–Crippen MR) is 110 cm³/mol. The lowest BCUT2D eigenvalue weighted by atomic mass is 10.0. The minimum atomic E-state index is -0.503. The maximum absolute atomic E-state index is 12.5. The van der Waals surface area contributed by atoms with Gasteiger partial charge in [-0.05, 0) is 48.7 Å². The number of anilines is 3. The molecule has 0 spiro atoms. The van der Waals surface area contributed by atoms with Crippen molar-refractivity contribution in [2.75, 3.05) is 23.1 Å². The van der Waals surface area contributed by atoms with E-state index in [2.05, 4.69) is 29.8 Å². The topological polar surface area (TPSA) is 79.5 Å². The van der Waals surface area contributed by atoms with Crippen molar-refractivity contribution in [2.45, 2.75) is 39.7 Å². The lowest BCUT2D eigenvalue weighted by molar-refractivity contribution is -0.116. The minimum absolute atomic E-state index is 0.165. The van der Waals surface area contributed by atoms with Crippen LogP contribution >= 0.6 is 0 Å². The molecule has 2 aromatic carbocycles. The van der Waals surface area contributed by atoms with Crippen molar-refractivity contribution in [3.8, 4) is 5.75 Å². The molecule has 0 radical (unpaired) electrons. The van der Waals surface area contributed by atoms with Crippen molar-refractivity contribution in [3.63, 3.8) is 0 Å². The summed E-state index contributed by atoms with van der Waals surface area (Å²) >= 11 is 0. The van der Waals surface area contributed by atoms with E-state index >= 15 is 0 Å². The first-order valence-electron chi connectivity index (χ1n) is 8.93. The van der Waals surface area contributed by atoms with Crippen LogP contribution in [-0.2, 0) is 9.59 Å². The van der Waals surface area contributed by atoms with Gasteiger partial charge in [0, 0.05) is 18.3 Å². The Hall–Kier alpha value is -3.02. The van der Waals surface area contributed by atoms with Crippen molar-refractivity contribution >= 4 is 28.9 Å². The van der Waals surface area contributed by atoms with Crippen LogP contribution in [0.25, 0.3) is 0 Å². The number of hydrogen-bond acceptors (Lipinski definition) is 4. The van der Waals surface area contributed by atoms with Crippen LogP contribution in [0.3, 0.4) is 0 Å². The van der Waals surface area contributed by atoms with E-state index in [9.17, 15) is 9.59 Å². The number of methoxy groups -OCH3 is 1. The second-order valence-electron chi connectivity index (χ2n) is 6.73. The molecule has 1 atom stereocenters. The fourth-order valence-corrected chi connectivity index (χ4v) is 2.60. The average Bonchev–Trinajstić information content (AvgIpc) is 2.61. The molecule has 2 rings (SSSR count). The number of carbonyl (C=O) groups excluding carboxylic acids is 2. The SMILES string of the molecule is COc1ccc(NC(C)=O)cc1N[C@H](C)C(=O)Nc1ccc(C(C)C)cc1. The number of amides is 2. The number of nitrogens with one attached hydrogen (secondary N) is 3. The Balaban J connectivity index is 2.07. The van der Waals surface area contributed by atoms with E-state index in [1.165, 1.54) is 12.5 Å². The molecule has 6 heteroatoms. The van der Waals surface area contributed by atoms with Crippen LogP contribution in [0, 0.1) is 0 Å². The molecule has 3 N–H and O–H groups in total. The largest absolute Gasteiger partial charge is 0.495 e. The number of carbonyl (C=O) groups is 2. The van der Waals surface area contributed by atoms with Crippen molar-refractivity contribution in [1.29, 1.82) is 0 Å². The molecule has 27 heavy (non-hydrogen) atoms. The molecule has 0 aliphatic heterocycles. The third kappa shape index (κ3) is 5.74. The van der Waals surface area contributed by atoms with E-state index in [1.54, 1.807) is 32.2 Å². The van der Waals surface area contributed by atoms with Gasteiger partial charge in [0.2, 0.25) is 11.8 Å². The summed E-state index contributed by atoms with van der Waals surface area (Å²) in [6.07, 6.45) is 0. The Morgan fingerprint density at radius 2 is 1.56 bits per heavy atom. The van der Waals surface area contributed by atoms with Crippen LogP contribution in [0.15, 0.2) is 42.5 Å². The highest BCUT2D eigenvalue weighted by molar-refractivity contribution is 5.96. The lowest BCUT2D eigenvalue weighted by Gasteiger charge is -2.18. The predicted octanol–water partition coefficient (Wildman–Crippen LogP) is 4.22. The first-order chi connectivity index (χ1) is 12.8. The van der Waals surface area contributed by atoms with Gasteiger partial charge in [0.05, 0.1) is 12.8 Å². The molecule has 2 amide bonds. The second-order valence-corrected chi connectivity index (χ2v) is 6.73. The van der Waals surface area contributed by atoms with Crippen LogP contribution in [0.2, 0.25) is 0 Å². The third-order valence-electron chi connectivity index (χ3n) is 4.13. The van der Waals surface area contributed by atoms with E-state index in [0.29, 0.717) is 23.0 Å². The van der Waals surface area contributed by atoms with E-state index in [-0.39, 0.29) is 11.8 Å². The van der Waals surface area contributed by atoms with Gasteiger partial charge in [-0.15, -0.1) is 0 Å². The van der Waals surface area contributed by atoms with Gasteiger partial charge in [0.1, 0.15) is 11.8 Å². The van der Waals surface area contributed by atoms with Gasteiger partial charge < -0.3 is 20.7 Å². The molecule has 0 aliphatic carbocycles. The quantitative estimate of drug-likeness (QED) is 0.683. The fourth-order valence-electron chi connectivity index (χ4n) is 2.60. The van der Waals surface area contributed by atoms with Gasteiger partial charge >= 0.3 is 0 Å². The summed E-state index contributed by atoms with van der Waals surface area (Å²) in [7, 11) is 1.56. The molecule has 0 bridgehead atoms. The molecule has 0 heterocycles. The maximum Gasteiger partial charge on any atom is 0.246 e. The zero-order valence-corrected chi connectivity index (χ0v) is 16.4. The molecule has 0 unspecified atom stereocenters. The smallest absolute Gasteiger partial charge is 0.246 e. The minimum Gasteiger partial charge on any atom is -0.495 e. The molecule has 0 fully saturated rings. The first kappa shape index (κ1) is 20.3. The highest BCUT2D eigenvalue weighted by Crippen LogP contribution is 2.28. The molecule has 144 valence electrons. The summed E-state index contributed by atoms with van der Waals surface area (Å²) in [6, 6.07) is 12.5. The fraction of sp³-hybridized carbons (Fsp3) is 0.333. The molecular weight excluding hydrogens is 342 g/mol. The number of benzene rings is 2. The monoisotopic (exact) mass is 369 g/mol. The van der Waals surface area contributed by atoms with Crippen molar-refractivity contribution in [2.24, 2.45) is 0 Å². The summed E-state index contributed by atoms with van der Waals surface area (Å²) < 4.78 is 5.33. The van der Waals surface area contributed by atoms with Crippen LogP contribution in [0.4, 0.5) is 17.1 Å². The summed E-state index contributed by atoms with van der Waals surface area (Å²) in [4.78, 5) is 23.8. The number of ether oxygens (including phenoxy) is 1. The molecule has 0 saturated carbocycles. The second kappa shape index (κ2) is 9.07. The van der Waals surface area contributed by atoms with Crippen LogP contribution in [-0.4, -0.2) is 25.0 Å². The summed E-state index contributed by atoms with van der Waals surface area (Å²) in [5.74, 6) is 0.699. The Labute approximate surface area is 160 Å². The van der Waals surface area contributed by atoms with E-state index in [4.69, 9.17) is 4.74 Å². The van der Waals surface area contributed by atoms with Gasteiger partial charge in [-0.1, -0.05) is 26.0 Å². The molecule has 0 aliphatic rings. The molecule has 0 aromatic heterocycles. The number of rotatable bonds is 7. The normalized spacial score (nSPS) is 11.6. The van der Waals surface area contributed by atoms with E-state index in [1.807, 2.05) is 24.3 Å². The molecular formula is C21H27N3O3. The van der Waals surface area contributed by atoms with Gasteiger partial charge in [-0.25, -0.2) is 0 Å². The zero-order chi connectivity index (χ0) is 20.0. The van der Waals surface area contributed by atoms with Gasteiger partial charge in [-0.2, -0.15) is 0 Å². The third-order valence-corrected chi connectivity index (χ3v) is 4.13. The van der Waals surface area contributed by atoms with E-state index in [0.717, 1.165) is 5.69 Å². The Kier molecular flexibility index (Phi) is 6.82. The Morgan fingerprint density at radius 3 is 2.11 bits per heavy atom. The van der Waals surface area contributed by atoms with Crippen LogP contribution in [0.5, 0.6) is 5.75 Å². The molecule has 6 nitrogen and oxygen atoms in total. The summed E-state index contributed by atoms with van der Waals surface area (Å²) in [5.41, 5.74) is 3.22. The Morgan fingerprint density at radius 1 is 0.926 bits per heavy atom. The summed E-state index contributed by atoms with van der Waals surface area (Å²) in [6.45, 7) is 7.46. The van der Waals surface area contributed by atoms with Gasteiger partial charge in [-0.3, -0.25) is 9.59 Å². The summed E-state index contributed by atoms with van der Waals surface area (Å²) in [5, 5.41) is 8.75. The molecule has 2 aromatic rings. The highest BCUT2D eigenvalue weighted by atomic mass is 16.5. The first-order valence-corrected chi connectivity index (χ1v) is 8.93. The van der Waals surface area contributed by atoms with Crippen molar-refractivity contribution < 1.29 is 14.3 Å². The van der Waals surface area contributed by atoms with Gasteiger partial charge in [0.15, 0.2) is 0 Å². The van der Waals surface area contributed by atoms with Crippen molar-refractivity contribution in [1.82, 2.24) is 0 Å². The van der Waals surface area contributed by atoms with Crippen molar-refractivity contribution in [3.05, 3.63) is 48.0 Å². The van der Waals surface area contributed by atoms with Crippen LogP contribution < -0.4 is 20.7 Å². The van der Waals surface area contributed by atoms with Crippen LogP contribution in [0.1, 0.15) is 39.2 Å². The average molecular weight is 369 g/mol.